The number of para-hydroxylation sites is 1. The van der Waals surface area contributed by atoms with E-state index in [1.54, 1.807) is 60.7 Å². The lowest BCUT2D eigenvalue weighted by Crippen LogP contribution is -2.41. The maximum Gasteiger partial charge on any atom is 0.331 e. The second-order valence-electron chi connectivity index (χ2n) is 8.44. The number of ether oxygens (including phenoxy) is 1. The molecule has 0 unspecified atom stereocenters. The Morgan fingerprint density at radius 3 is 2.57 bits per heavy atom. The zero-order valence-corrected chi connectivity index (χ0v) is 20.4. The van der Waals surface area contributed by atoms with Gasteiger partial charge in [-0.2, -0.15) is 0 Å². The molecule has 2 aromatic carbocycles. The highest BCUT2D eigenvalue weighted by Gasteiger charge is 2.15. The SMILES string of the molecule is COc1cccc(NC(=O)Cn2c(=O)n(CCCCC(=O)NCc3ccco3)c(=O)c3ccccc32)c1. The molecule has 10 nitrogen and oxygen atoms in total. The van der Waals surface area contributed by atoms with E-state index in [-0.39, 0.29) is 25.4 Å². The molecule has 0 radical (unpaired) electrons. The lowest BCUT2D eigenvalue weighted by Gasteiger charge is -2.14. The van der Waals surface area contributed by atoms with Crippen molar-refractivity contribution in [3.8, 4) is 5.75 Å². The van der Waals surface area contributed by atoms with Crippen LogP contribution in [0.2, 0.25) is 0 Å². The Hall–Kier alpha value is -4.60. The van der Waals surface area contributed by atoms with Crippen molar-refractivity contribution in [2.45, 2.75) is 38.9 Å². The van der Waals surface area contributed by atoms with Crippen LogP contribution in [0.1, 0.15) is 25.0 Å². The number of hydrogen-bond acceptors (Lipinski definition) is 6. The number of furan rings is 1. The van der Waals surface area contributed by atoms with Crippen LogP contribution < -0.4 is 26.6 Å². The Kier molecular flexibility index (Phi) is 8.19. The van der Waals surface area contributed by atoms with E-state index in [0.29, 0.717) is 47.5 Å². The third kappa shape index (κ3) is 6.35. The van der Waals surface area contributed by atoms with E-state index in [0.717, 1.165) is 4.57 Å². The Labute approximate surface area is 212 Å². The standard InChI is InChI=1S/C27H28N4O6/c1-36-20-9-6-8-19(16-20)29-25(33)18-31-23-12-3-2-11-22(23)26(34)30(27(31)35)14-5-4-13-24(32)28-17-21-10-7-15-37-21/h2-3,6-12,15-16H,4-5,13-14,17-18H2,1H3,(H,28,32)(H,29,33). The number of rotatable bonds is 11. The fourth-order valence-corrected chi connectivity index (χ4v) is 4.01. The Bertz CT molecular complexity index is 1500. The Morgan fingerprint density at radius 1 is 0.946 bits per heavy atom. The minimum absolute atomic E-state index is 0.130. The van der Waals surface area contributed by atoms with Crippen molar-refractivity contribution < 1.29 is 18.7 Å². The van der Waals surface area contributed by atoms with Gasteiger partial charge < -0.3 is 19.8 Å². The molecule has 2 heterocycles. The lowest BCUT2D eigenvalue weighted by molar-refractivity contribution is -0.121. The first-order valence-corrected chi connectivity index (χ1v) is 11.9. The molecule has 2 aromatic heterocycles. The van der Waals surface area contributed by atoms with E-state index in [9.17, 15) is 19.2 Å². The second-order valence-corrected chi connectivity index (χ2v) is 8.44. The monoisotopic (exact) mass is 504 g/mol. The van der Waals surface area contributed by atoms with E-state index >= 15 is 0 Å². The number of nitrogens with one attached hydrogen (secondary N) is 2. The molecule has 37 heavy (non-hydrogen) atoms. The highest BCUT2D eigenvalue weighted by Crippen LogP contribution is 2.17. The molecule has 10 heteroatoms. The molecule has 4 aromatic rings. The highest BCUT2D eigenvalue weighted by molar-refractivity contribution is 5.91. The van der Waals surface area contributed by atoms with Crippen LogP contribution in [0, 0.1) is 0 Å². The summed E-state index contributed by atoms with van der Waals surface area (Å²) in [5.74, 6) is 0.684. The maximum atomic E-state index is 13.3. The largest absolute Gasteiger partial charge is 0.497 e. The summed E-state index contributed by atoms with van der Waals surface area (Å²) >= 11 is 0. The van der Waals surface area contributed by atoms with Gasteiger partial charge in [0.1, 0.15) is 18.1 Å². The van der Waals surface area contributed by atoms with E-state index < -0.39 is 17.2 Å². The summed E-state index contributed by atoms with van der Waals surface area (Å²) in [6, 6.07) is 17.1. The summed E-state index contributed by atoms with van der Waals surface area (Å²) in [6.07, 6.45) is 2.72. The summed E-state index contributed by atoms with van der Waals surface area (Å²) in [7, 11) is 1.53. The number of nitrogens with zero attached hydrogens (tertiary/aromatic N) is 2. The zero-order chi connectivity index (χ0) is 26.2. The van der Waals surface area contributed by atoms with Gasteiger partial charge in [0.25, 0.3) is 5.56 Å². The average Bonchev–Trinajstić information content (AvgIpc) is 3.43. The van der Waals surface area contributed by atoms with Gasteiger partial charge in [0.15, 0.2) is 0 Å². The van der Waals surface area contributed by atoms with Crippen LogP contribution in [0.25, 0.3) is 10.9 Å². The molecule has 0 bridgehead atoms. The summed E-state index contributed by atoms with van der Waals surface area (Å²) in [6.45, 7) is 0.163. The van der Waals surface area contributed by atoms with Gasteiger partial charge in [-0.3, -0.25) is 23.5 Å². The van der Waals surface area contributed by atoms with E-state index in [2.05, 4.69) is 10.6 Å². The average molecular weight is 505 g/mol. The lowest BCUT2D eigenvalue weighted by atomic mass is 10.2. The molecular formula is C27H28N4O6. The van der Waals surface area contributed by atoms with Crippen LogP contribution in [-0.2, 0) is 29.2 Å². The van der Waals surface area contributed by atoms with Crippen LogP contribution in [-0.4, -0.2) is 28.1 Å². The molecule has 2 N–H and O–H groups in total. The third-order valence-electron chi connectivity index (χ3n) is 5.86. The quantitative estimate of drug-likeness (QED) is 0.303. The van der Waals surface area contributed by atoms with E-state index in [1.165, 1.54) is 17.9 Å². The van der Waals surface area contributed by atoms with Gasteiger partial charge in [0.2, 0.25) is 11.8 Å². The smallest absolute Gasteiger partial charge is 0.331 e. The highest BCUT2D eigenvalue weighted by atomic mass is 16.5. The molecule has 0 aliphatic heterocycles. The summed E-state index contributed by atoms with van der Waals surface area (Å²) in [5, 5.41) is 5.87. The first-order chi connectivity index (χ1) is 18.0. The minimum atomic E-state index is -0.577. The number of methoxy groups -OCH3 is 1. The van der Waals surface area contributed by atoms with Crippen LogP contribution in [0.5, 0.6) is 5.75 Å². The number of fused-ring (bicyclic) bond motifs is 1. The van der Waals surface area contributed by atoms with Crippen molar-refractivity contribution in [2.24, 2.45) is 0 Å². The normalized spacial score (nSPS) is 10.8. The van der Waals surface area contributed by atoms with Crippen LogP contribution in [0.15, 0.2) is 80.9 Å². The fourth-order valence-electron chi connectivity index (χ4n) is 4.01. The predicted molar refractivity (Wildman–Crippen MR) is 138 cm³/mol. The van der Waals surface area contributed by atoms with Crippen LogP contribution in [0.4, 0.5) is 5.69 Å². The molecule has 0 aliphatic carbocycles. The maximum absolute atomic E-state index is 13.3. The molecule has 0 saturated carbocycles. The Morgan fingerprint density at radius 2 is 1.78 bits per heavy atom. The molecule has 0 saturated heterocycles. The molecular weight excluding hydrogens is 476 g/mol. The molecule has 2 amide bonds. The number of anilines is 1. The van der Waals surface area contributed by atoms with E-state index in [4.69, 9.17) is 9.15 Å². The first kappa shape index (κ1) is 25.5. The Balaban J connectivity index is 1.45. The van der Waals surface area contributed by atoms with Gasteiger partial charge in [-0.15, -0.1) is 0 Å². The molecule has 0 fully saturated rings. The van der Waals surface area contributed by atoms with Crippen molar-refractivity contribution in [1.29, 1.82) is 0 Å². The number of aromatic nitrogens is 2. The topological polar surface area (TPSA) is 125 Å². The zero-order valence-electron chi connectivity index (χ0n) is 20.4. The molecule has 0 spiro atoms. The van der Waals surface area contributed by atoms with Crippen molar-refractivity contribution in [3.05, 3.63) is 93.5 Å². The molecule has 192 valence electrons. The number of carbonyl (C=O) groups excluding carboxylic acids is 2. The predicted octanol–water partition coefficient (Wildman–Crippen LogP) is 2.89. The molecule has 0 aliphatic rings. The summed E-state index contributed by atoms with van der Waals surface area (Å²) < 4.78 is 12.8. The number of carbonyl (C=O) groups is 2. The number of hydrogen-bond donors (Lipinski definition) is 2. The second kappa shape index (κ2) is 11.9. The summed E-state index contributed by atoms with van der Waals surface area (Å²) in [4.78, 5) is 51.2. The van der Waals surface area contributed by atoms with Gasteiger partial charge >= 0.3 is 5.69 Å². The number of benzene rings is 2. The van der Waals surface area contributed by atoms with Gasteiger partial charge in [-0.1, -0.05) is 18.2 Å². The van der Waals surface area contributed by atoms with Crippen molar-refractivity contribution >= 4 is 28.4 Å². The van der Waals surface area contributed by atoms with Gasteiger partial charge in [-0.05, 0) is 49.2 Å². The number of amides is 2. The molecule has 4 rings (SSSR count). The van der Waals surface area contributed by atoms with Crippen LogP contribution in [0.3, 0.4) is 0 Å². The van der Waals surface area contributed by atoms with Crippen molar-refractivity contribution in [2.75, 3.05) is 12.4 Å². The summed E-state index contributed by atoms with van der Waals surface area (Å²) in [5.41, 5.74) is -0.0914. The van der Waals surface area contributed by atoms with Crippen molar-refractivity contribution in [1.82, 2.24) is 14.5 Å². The van der Waals surface area contributed by atoms with Crippen LogP contribution >= 0.6 is 0 Å². The van der Waals surface area contributed by atoms with Gasteiger partial charge in [0, 0.05) is 24.7 Å². The fraction of sp³-hybridized carbons (Fsp3) is 0.259. The third-order valence-corrected chi connectivity index (χ3v) is 5.86. The van der Waals surface area contributed by atoms with Gasteiger partial charge in [-0.25, -0.2) is 4.79 Å². The minimum Gasteiger partial charge on any atom is -0.497 e. The van der Waals surface area contributed by atoms with Crippen molar-refractivity contribution in [3.63, 3.8) is 0 Å². The first-order valence-electron chi connectivity index (χ1n) is 11.9. The number of unbranched alkanes of at least 4 members (excludes halogenated alkanes) is 1. The molecule has 0 atom stereocenters. The van der Waals surface area contributed by atoms with E-state index in [1.807, 2.05) is 0 Å². The van der Waals surface area contributed by atoms with Gasteiger partial charge in [0.05, 0.1) is 30.8 Å².